The van der Waals surface area contributed by atoms with Gasteiger partial charge in [-0.3, -0.25) is 4.79 Å². The Kier molecular flexibility index (Phi) is 5.12. The summed E-state index contributed by atoms with van der Waals surface area (Å²) >= 11 is 0. The van der Waals surface area contributed by atoms with Crippen LogP contribution in [-0.2, 0) is 14.3 Å². The third kappa shape index (κ3) is 3.64. The minimum absolute atomic E-state index is 0.00299. The maximum Gasteiger partial charge on any atom is 0.508 e. The van der Waals surface area contributed by atoms with Crippen molar-refractivity contribution in [2.24, 2.45) is 28.6 Å². The number of carbonyl (C=O) groups is 2. The number of rotatable bonds is 3. The van der Waals surface area contributed by atoms with Gasteiger partial charge in [-0.05, 0) is 88.0 Å². The van der Waals surface area contributed by atoms with E-state index in [1.54, 1.807) is 13.8 Å². The predicted octanol–water partition coefficient (Wildman–Crippen LogP) is 4.81. The predicted molar refractivity (Wildman–Crippen MR) is 109 cm³/mol. The van der Waals surface area contributed by atoms with Gasteiger partial charge in [0, 0.05) is 11.8 Å². The molecule has 6 atom stereocenters. The molecule has 0 spiro atoms. The molecule has 0 radical (unpaired) electrons. The zero-order valence-corrected chi connectivity index (χ0v) is 18.3. The summed E-state index contributed by atoms with van der Waals surface area (Å²) in [5.74, 6) is 2.14. The van der Waals surface area contributed by atoms with Crippen LogP contribution in [0.15, 0.2) is 11.6 Å². The van der Waals surface area contributed by atoms with Gasteiger partial charge in [0.1, 0.15) is 12.7 Å². The zero-order valence-electron chi connectivity index (χ0n) is 18.3. The molecule has 3 fully saturated rings. The average Bonchev–Trinajstić information content (AvgIpc) is 2.96. The highest BCUT2D eigenvalue weighted by Gasteiger charge is 2.60. The topological polar surface area (TPSA) is 72.8 Å². The number of ketones is 1. The van der Waals surface area contributed by atoms with E-state index in [-0.39, 0.29) is 23.5 Å². The Labute approximate surface area is 174 Å². The fourth-order valence-corrected chi connectivity index (χ4v) is 7.09. The molecular formula is C24H36O5. The molecule has 0 aromatic carbocycles. The summed E-state index contributed by atoms with van der Waals surface area (Å²) in [6.07, 6.45) is 9.22. The van der Waals surface area contributed by atoms with Crippen molar-refractivity contribution >= 4 is 11.9 Å². The van der Waals surface area contributed by atoms with Crippen molar-refractivity contribution in [2.45, 2.75) is 90.8 Å². The number of allylic oxidation sites excluding steroid dienone is 1. The van der Waals surface area contributed by atoms with E-state index in [9.17, 15) is 14.7 Å². The summed E-state index contributed by atoms with van der Waals surface area (Å²) < 4.78 is 10.9. The van der Waals surface area contributed by atoms with Gasteiger partial charge in [-0.1, -0.05) is 19.4 Å². The van der Waals surface area contributed by atoms with Crippen LogP contribution in [0.1, 0.15) is 79.1 Å². The SMILES string of the molecule is CC(C)(O)COC(=O)O[C@@H]1CC[C@H]2[C@@H]3CCC4=CC(=O)CC[C@]4(C)[C@H]3CC[C@]12C. The molecule has 0 amide bonds. The monoisotopic (exact) mass is 404 g/mol. The third-order valence-electron chi connectivity index (χ3n) is 8.66. The standard InChI is InChI=1S/C24H36O5/c1-22(2,27)14-28-21(26)29-20-8-7-18-17-6-5-15-13-16(25)9-11-23(15,3)19(17)10-12-24(18,20)4/h13,17-20,27H,5-12,14H2,1-4H3/t17-,18-,19-,20+,23-,24-/m0/s1. The summed E-state index contributed by atoms with van der Waals surface area (Å²) in [6, 6.07) is 0. The van der Waals surface area contributed by atoms with E-state index >= 15 is 0 Å². The quantitative estimate of drug-likeness (QED) is 0.683. The summed E-state index contributed by atoms with van der Waals surface area (Å²) in [5, 5.41) is 9.77. The molecule has 5 heteroatoms. The number of hydrogen-bond acceptors (Lipinski definition) is 5. The number of aliphatic hydroxyl groups is 1. The average molecular weight is 405 g/mol. The molecule has 0 aromatic heterocycles. The van der Waals surface area contributed by atoms with Gasteiger partial charge in [0.25, 0.3) is 0 Å². The Morgan fingerprint density at radius 2 is 1.90 bits per heavy atom. The molecule has 162 valence electrons. The molecule has 1 N–H and O–H groups in total. The molecule has 29 heavy (non-hydrogen) atoms. The van der Waals surface area contributed by atoms with Gasteiger partial charge in [0.05, 0.1) is 5.60 Å². The van der Waals surface area contributed by atoms with Crippen molar-refractivity contribution in [3.8, 4) is 0 Å². The summed E-state index contributed by atoms with van der Waals surface area (Å²) in [4.78, 5) is 24.2. The van der Waals surface area contributed by atoms with Gasteiger partial charge >= 0.3 is 6.16 Å². The molecule has 0 saturated heterocycles. The van der Waals surface area contributed by atoms with Gasteiger partial charge in [0.15, 0.2) is 5.78 Å². The lowest BCUT2D eigenvalue weighted by Crippen LogP contribution is -2.51. The lowest BCUT2D eigenvalue weighted by Gasteiger charge is -2.57. The van der Waals surface area contributed by atoms with E-state index < -0.39 is 11.8 Å². The van der Waals surface area contributed by atoms with Crippen LogP contribution >= 0.6 is 0 Å². The van der Waals surface area contributed by atoms with Gasteiger partial charge in [-0.25, -0.2) is 4.79 Å². The van der Waals surface area contributed by atoms with E-state index in [0.717, 1.165) is 44.9 Å². The van der Waals surface area contributed by atoms with E-state index in [0.29, 0.717) is 30.0 Å². The van der Waals surface area contributed by atoms with Crippen LogP contribution in [0.3, 0.4) is 0 Å². The molecule has 0 aliphatic heterocycles. The number of ether oxygens (including phenoxy) is 2. The van der Waals surface area contributed by atoms with Crippen LogP contribution < -0.4 is 0 Å². The third-order valence-corrected chi connectivity index (χ3v) is 8.66. The number of fused-ring (bicyclic) bond motifs is 5. The Morgan fingerprint density at radius 3 is 2.62 bits per heavy atom. The molecule has 0 bridgehead atoms. The lowest BCUT2D eigenvalue weighted by molar-refractivity contribution is -0.118. The summed E-state index contributed by atoms with van der Waals surface area (Å²) in [6.45, 7) is 7.85. The second-order valence-corrected chi connectivity index (χ2v) is 11.0. The van der Waals surface area contributed by atoms with Crippen LogP contribution in [0.25, 0.3) is 0 Å². The Hall–Kier alpha value is -1.36. The van der Waals surface area contributed by atoms with Crippen molar-refractivity contribution < 1.29 is 24.2 Å². The fraction of sp³-hybridized carbons (Fsp3) is 0.833. The molecule has 0 aromatic rings. The number of carbonyl (C=O) groups excluding carboxylic acids is 2. The van der Waals surface area contributed by atoms with Gasteiger partial charge in [-0.15, -0.1) is 0 Å². The Bertz CT molecular complexity index is 719. The normalized spacial score (nSPS) is 41.7. The number of hydrogen-bond donors (Lipinski definition) is 1. The molecule has 0 unspecified atom stereocenters. The maximum atomic E-state index is 12.2. The van der Waals surface area contributed by atoms with E-state index in [2.05, 4.69) is 13.8 Å². The van der Waals surface area contributed by atoms with Crippen LogP contribution in [0.5, 0.6) is 0 Å². The van der Waals surface area contributed by atoms with Gasteiger partial charge in [0.2, 0.25) is 0 Å². The minimum atomic E-state index is -1.05. The summed E-state index contributed by atoms with van der Waals surface area (Å²) in [5.41, 5.74) is 0.503. The molecule has 5 nitrogen and oxygen atoms in total. The smallest absolute Gasteiger partial charge is 0.431 e. The minimum Gasteiger partial charge on any atom is -0.431 e. The first-order valence-electron chi connectivity index (χ1n) is 11.3. The van der Waals surface area contributed by atoms with Crippen molar-refractivity contribution in [1.82, 2.24) is 0 Å². The van der Waals surface area contributed by atoms with Crippen molar-refractivity contribution in [2.75, 3.05) is 6.61 Å². The first-order valence-corrected chi connectivity index (χ1v) is 11.3. The summed E-state index contributed by atoms with van der Waals surface area (Å²) in [7, 11) is 0. The highest BCUT2D eigenvalue weighted by atomic mass is 16.7. The fourth-order valence-electron chi connectivity index (χ4n) is 7.09. The van der Waals surface area contributed by atoms with Crippen LogP contribution in [0, 0.1) is 28.6 Å². The Balaban J connectivity index is 1.47. The largest absolute Gasteiger partial charge is 0.508 e. The van der Waals surface area contributed by atoms with Crippen molar-refractivity contribution in [1.29, 1.82) is 0 Å². The maximum absolute atomic E-state index is 12.2. The molecule has 4 aliphatic carbocycles. The molecular weight excluding hydrogens is 368 g/mol. The first kappa shape index (κ1) is 20.9. The highest BCUT2D eigenvalue weighted by Crippen LogP contribution is 2.65. The zero-order chi connectivity index (χ0) is 21.0. The first-order chi connectivity index (χ1) is 13.5. The Morgan fingerprint density at radius 1 is 1.14 bits per heavy atom. The molecule has 4 rings (SSSR count). The highest BCUT2D eigenvalue weighted by molar-refractivity contribution is 5.91. The van der Waals surface area contributed by atoms with Gasteiger partial charge in [-0.2, -0.15) is 0 Å². The lowest BCUT2D eigenvalue weighted by atomic mass is 9.47. The van der Waals surface area contributed by atoms with Crippen molar-refractivity contribution in [3.63, 3.8) is 0 Å². The molecule has 3 saturated carbocycles. The van der Waals surface area contributed by atoms with Crippen LogP contribution in [0.2, 0.25) is 0 Å². The van der Waals surface area contributed by atoms with Crippen molar-refractivity contribution in [3.05, 3.63) is 11.6 Å². The molecule has 4 aliphatic rings. The second kappa shape index (κ2) is 7.11. The van der Waals surface area contributed by atoms with E-state index in [4.69, 9.17) is 9.47 Å². The van der Waals surface area contributed by atoms with Crippen LogP contribution in [0.4, 0.5) is 4.79 Å². The van der Waals surface area contributed by atoms with E-state index in [1.807, 2.05) is 6.08 Å². The molecule has 0 heterocycles. The van der Waals surface area contributed by atoms with E-state index in [1.165, 1.54) is 5.57 Å². The van der Waals surface area contributed by atoms with Gasteiger partial charge < -0.3 is 14.6 Å². The van der Waals surface area contributed by atoms with Crippen LogP contribution in [-0.4, -0.2) is 35.4 Å². The second-order valence-electron chi connectivity index (χ2n) is 11.0.